The van der Waals surface area contributed by atoms with Crippen LogP contribution in [0.15, 0.2) is 24.3 Å². The first-order valence-electron chi connectivity index (χ1n) is 8.13. The summed E-state index contributed by atoms with van der Waals surface area (Å²) < 4.78 is 5.26. The molecule has 0 aromatic heterocycles. The van der Waals surface area contributed by atoms with Crippen molar-refractivity contribution >= 4 is 29.9 Å². The molecule has 3 rings (SSSR count). The fourth-order valence-corrected chi connectivity index (χ4v) is 3.04. The molecule has 132 valence electrons. The minimum Gasteiger partial charge on any atom is -0.381 e. The zero-order chi connectivity index (χ0) is 16.3. The second-order valence-corrected chi connectivity index (χ2v) is 6.27. The van der Waals surface area contributed by atoms with Gasteiger partial charge in [0.15, 0.2) is 0 Å². The number of rotatable bonds is 4. The maximum atomic E-state index is 12.3. The number of hydrogen-bond acceptors (Lipinski definition) is 4. The molecule has 1 aromatic carbocycles. The molecule has 0 atom stereocenters. The van der Waals surface area contributed by atoms with E-state index in [2.05, 4.69) is 5.32 Å². The molecule has 2 aliphatic heterocycles. The first-order valence-corrected chi connectivity index (χ1v) is 8.13. The fourth-order valence-electron chi connectivity index (χ4n) is 3.04. The third kappa shape index (κ3) is 4.06. The van der Waals surface area contributed by atoms with Gasteiger partial charge >= 0.3 is 0 Å². The Hall–Kier alpha value is -1.63. The number of amides is 2. The van der Waals surface area contributed by atoms with E-state index in [1.54, 1.807) is 4.90 Å². The predicted octanol–water partition coefficient (Wildman–Crippen LogP) is 1.36. The highest BCUT2D eigenvalue weighted by molar-refractivity contribution is 5.95. The maximum Gasteiger partial charge on any atom is 0.240 e. The first-order chi connectivity index (χ1) is 11.1. The van der Waals surface area contributed by atoms with Crippen LogP contribution in [-0.2, 0) is 20.9 Å². The third-order valence-corrected chi connectivity index (χ3v) is 4.61. The summed E-state index contributed by atoms with van der Waals surface area (Å²) in [6.45, 7) is 2.28. The Morgan fingerprint density at radius 1 is 1.25 bits per heavy atom. The Balaban J connectivity index is 0.00000208. The van der Waals surface area contributed by atoms with Crippen LogP contribution in [0.3, 0.4) is 0 Å². The number of benzene rings is 1. The average molecular weight is 354 g/mol. The lowest BCUT2D eigenvalue weighted by Gasteiger charge is -2.31. The van der Waals surface area contributed by atoms with E-state index in [0.29, 0.717) is 39.0 Å². The van der Waals surface area contributed by atoms with Gasteiger partial charge in [0, 0.05) is 38.4 Å². The number of carbonyl (C=O) groups excluding carboxylic acids is 2. The van der Waals surface area contributed by atoms with Crippen molar-refractivity contribution in [2.75, 3.05) is 24.7 Å². The van der Waals surface area contributed by atoms with Gasteiger partial charge in [0.2, 0.25) is 11.8 Å². The van der Waals surface area contributed by atoms with Crippen LogP contribution in [0, 0.1) is 0 Å². The van der Waals surface area contributed by atoms with Crippen LogP contribution in [0.25, 0.3) is 0 Å². The fraction of sp³-hybridized carbons (Fsp3) is 0.529. The van der Waals surface area contributed by atoms with Crippen molar-refractivity contribution in [1.82, 2.24) is 5.32 Å². The molecule has 0 radical (unpaired) electrons. The Kier molecular flexibility index (Phi) is 6.21. The molecule has 2 amide bonds. The Morgan fingerprint density at radius 3 is 2.50 bits per heavy atom. The zero-order valence-corrected chi connectivity index (χ0v) is 14.4. The standard InChI is InChI=1S/C17H23N3O3.ClH/c18-17(7-10-23-11-8-17)16(22)19-12-13-3-5-14(6-4-13)20-9-1-2-15(20)21;/h3-6H,1-2,7-12,18H2,(H,19,22);1H. The first kappa shape index (κ1) is 18.7. The number of nitrogens with two attached hydrogens (primary N) is 1. The molecule has 6 nitrogen and oxygen atoms in total. The minimum atomic E-state index is -0.819. The van der Waals surface area contributed by atoms with Crippen molar-refractivity contribution in [1.29, 1.82) is 0 Å². The van der Waals surface area contributed by atoms with Crippen molar-refractivity contribution in [2.24, 2.45) is 5.73 Å². The molecule has 2 heterocycles. The van der Waals surface area contributed by atoms with Crippen LogP contribution in [0.5, 0.6) is 0 Å². The average Bonchev–Trinajstić information content (AvgIpc) is 3.00. The number of nitrogens with one attached hydrogen (secondary N) is 1. The topological polar surface area (TPSA) is 84.7 Å². The van der Waals surface area contributed by atoms with Crippen LogP contribution in [-0.4, -0.2) is 37.1 Å². The summed E-state index contributed by atoms with van der Waals surface area (Å²) in [5.74, 6) is 0.0511. The molecular weight excluding hydrogens is 330 g/mol. The largest absolute Gasteiger partial charge is 0.381 e. The van der Waals surface area contributed by atoms with E-state index in [1.807, 2.05) is 24.3 Å². The summed E-state index contributed by atoms with van der Waals surface area (Å²) in [5, 5.41) is 2.91. The number of ether oxygens (including phenoxy) is 1. The van der Waals surface area contributed by atoms with E-state index < -0.39 is 5.54 Å². The van der Waals surface area contributed by atoms with Crippen molar-refractivity contribution in [3.05, 3.63) is 29.8 Å². The number of carbonyl (C=O) groups is 2. The van der Waals surface area contributed by atoms with Crippen molar-refractivity contribution in [3.63, 3.8) is 0 Å². The van der Waals surface area contributed by atoms with E-state index in [1.165, 1.54) is 0 Å². The lowest BCUT2D eigenvalue weighted by molar-refractivity contribution is -0.129. The van der Waals surface area contributed by atoms with Crippen LogP contribution >= 0.6 is 12.4 Å². The van der Waals surface area contributed by atoms with Gasteiger partial charge in [-0.05, 0) is 37.0 Å². The highest BCUT2D eigenvalue weighted by Crippen LogP contribution is 2.22. The number of nitrogens with zero attached hydrogens (tertiary/aromatic N) is 1. The molecular formula is C17H24ClN3O3. The summed E-state index contributed by atoms with van der Waals surface area (Å²) in [5.41, 5.74) is 7.24. The zero-order valence-electron chi connectivity index (χ0n) is 13.6. The second-order valence-electron chi connectivity index (χ2n) is 6.27. The molecule has 2 aliphatic rings. The molecule has 7 heteroatoms. The molecule has 2 fully saturated rings. The van der Waals surface area contributed by atoms with Crippen molar-refractivity contribution in [3.8, 4) is 0 Å². The Bertz CT molecular complexity index is 585. The molecule has 1 aromatic rings. The summed E-state index contributed by atoms with van der Waals surface area (Å²) in [7, 11) is 0. The van der Waals surface area contributed by atoms with Crippen LogP contribution in [0.2, 0.25) is 0 Å². The van der Waals surface area contributed by atoms with Crippen molar-refractivity contribution < 1.29 is 14.3 Å². The minimum absolute atomic E-state index is 0. The summed E-state index contributed by atoms with van der Waals surface area (Å²) in [6, 6.07) is 7.73. The number of halogens is 1. The maximum absolute atomic E-state index is 12.3. The SMILES string of the molecule is Cl.NC1(C(=O)NCc2ccc(N3CCCC3=O)cc2)CCOCC1. The van der Waals surface area contributed by atoms with Gasteiger partial charge in [-0.15, -0.1) is 12.4 Å². The third-order valence-electron chi connectivity index (χ3n) is 4.61. The molecule has 0 unspecified atom stereocenters. The van der Waals surface area contributed by atoms with Gasteiger partial charge in [-0.2, -0.15) is 0 Å². The normalized spacial score (nSPS) is 19.7. The molecule has 0 bridgehead atoms. The van der Waals surface area contributed by atoms with Gasteiger partial charge in [-0.1, -0.05) is 12.1 Å². The monoisotopic (exact) mass is 353 g/mol. The highest BCUT2D eigenvalue weighted by atomic mass is 35.5. The molecule has 0 aliphatic carbocycles. The molecule has 24 heavy (non-hydrogen) atoms. The summed E-state index contributed by atoms with van der Waals surface area (Å²) in [6.07, 6.45) is 2.64. The van der Waals surface area contributed by atoms with Crippen molar-refractivity contribution in [2.45, 2.75) is 37.8 Å². The van der Waals surface area contributed by atoms with E-state index in [0.717, 1.165) is 24.2 Å². The predicted molar refractivity (Wildman–Crippen MR) is 94.1 cm³/mol. The summed E-state index contributed by atoms with van der Waals surface area (Å²) >= 11 is 0. The smallest absolute Gasteiger partial charge is 0.240 e. The van der Waals surface area contributed by atoms with Gasteiger partial charge in [0.05, 0.1) is 5.54 Å². The number of hydrogen-bond donors (Lipinski definition) is 2. The lowest BCUT2D eigenvalue weighted by Crippen LogP contribution is -2.56. The van der Waals surface area contributed by atoms with E-state index >= 15 is 0 Å². The molecule has 0 spiro atoms. The quantitative estimate of drug-likeness (QED) is 0.856. The highest BCUT2D eigenvalue weighted by Gasteiger charge is 2.35. The Morgan fingerprint density at radius 2 is 1.92 bits per heavy atom. The summed E-state index contributed by atoms with van der Waals surface area (Å²) in [4.78, 5) is 25.8. The van der Waals surface area contributed by atoms with Gasteiger partial charge in [0.1, 0.15) is 0 Å². The Labute approximate surface area is 148 Å². The number of anilines is 1. The van der Waals surface area contributed by atoms with E-state index in [9.17, 15) is 9.59 Å². The second kappa shape index (κ2) is 7.96. The van der Waals surface area contributed by atoms with Gasteiger partial charge in [0.25, 0.3) is 0 Å². The molecule has 0 saturated carbocycles. The van der Waals surface area contributed by atoms with Crippen LogP contribution in [0.1, 0.15) is 31.2 Å². The van der Waals surface area contributed by atoms with Crippen LogP contribution in [0.4, 0.5) is 5.69 Å². The molecule has 3 N–H and O–H groups in total. The van der Waals surface area contributed by atoms with Gasteiger partial charge in [-0.3, -0.25) is 9.59 Å². The lowest BCUT2D eigenvalue weighted by atomic mass is 9.90. The van der Waals surface area contributed by atoms with E-state index in [4.69, 9.17) is 10.5 Å². The van der Waals surface area contributed by atoms with Gasteiger partial charge in [-0.25, -0.2) is 0 Å². The van der Waals surface area contributed by atoms with E-state index in [-0.39, 0.29) is 24.2 Å². The van der Waals surface area contributed by atoms with Gasteiger partial charge < -0.3 is 20.7 Å². The molecule has 2 saturated heterocycles. The van der Waals surface area contributed by atoms with Crippen LogP contribution < -0.4 is 16.0 Å².